The van der Waals surface area contributed by atoms with Gasteiger partial charge in [-0.2, -0.15) is 0 Å². The predicted octanol–water partition coefficient (Wildman–Crippen LogP) is 2.33. The Morgan fingerprint density at radius 3 is 2.32 bits per heavy atom. The number of hydrogen-bond acceptors (Lipinski definition) is 4. The van der Waals surface area contributed by atoms with Crippen molar-refractivity contribution in [2.75, 3.05) is 13.1 Å². The molecule has 5 heteroatoms. The number of ether oxygens (including phenoxy) is 1. The van der Waals surface area contributed by atoms with Crippen molar-refractivity contribution in [3.63, 3.8) is 0 Å². The number of nitrogens with one attached hydrogen (secondary N) is 1. The van der Waals surface area contributed by atoms with Gasteiger partial charge < -0.3 is 15.2 Å². The van der Waals surface area contributed by atoms with Crippen LogP contribution in [0.3, 0.4) is 0 Å². The minimum Gasteiger partial charge on any atom is -0.393 e. The van der Waals surface area contributed by atoms with Gasteiger partial charge in [0, 0.05) is 31.2 Å². The molecule has 0 aromatic heterocycles. The number of amides is 1. The fourth-order valence-electron chi connectivity index (χ4n) is 3.92. The van der Waals surface area contributed by atoms with Crippen molar-refractivity contribution in [2.24, 2.45) is 0 Å². The van der Waals surface area contributed by atoms with Gasteiger partial charge >= 0.3 is 0 Å². The molecule has 1 heterocycles. The first-order valence-corrected chi connectivity index (χ1v) is 9.45. The number of aliphatic hydroxyl groups excluding tert-OH is 1. The Kier molecular flexibility index (Phi) is 6.10. The van der Waals surface area contributed by atoms with Crippen LogP contribution in [0.5, 0.6) is 0 Å². The molecule has 5 nitrogen and oxygen atoms in total. The summed E-state index contributed by atoms with van der Waals surface area (Å²) in [6.07, 6.45) is 3.61. The lowest BCUT2D eigenvalue weighted by molar-refractivity contribution is -0.0704. The highest BCUT2D eigenvalue weighted by molar-refractivity contribution is 5.94. The van der Waals surface area contributed by atoms with Crippen LogP contribution in [0.1, 0.15) is 55.5 Å². The molecule has 1 aliphatic heterocycles. The molecule has 0 radical (unpaired) electrons. The largest absolute Gasteiger partial charge is 0.393 e. The van der Waals surface area contributed by atoms with Crippen LogP contribution >= 0.6 is 0 Å². The fraction of sp³-hybridized carbons (Fsp3) is 0.650. The van der Waals surface area contributed by atoms with Gasteiger partial charge in [-0.05, 0) is 57.2 Å². The highest BCUT2D eigenvalue weighted by Crippen LogP contribution is 2.19. The molecule has 0 spiro atoms. The molecule has 1 aliphatic carbocycles. The van der Waals surface area contributed by atoms with E-state index < -0.39 is 0 Å². The highest BCUT2D eigenvalue weighted by Gasteiger charge is 2.23. The monoisotopic (exact) mass is 346 g/mol. The molecule has 2 atom stereocenters. The maximum Gasteiger partial charge on any atom is 0.251 e. The average Bonchev–Trinajstić information content (AvgIpc) is 2.56. The van der Waals surface area contributed by atoms with Gasteiger partial charge in [-0.25, -0.2) is 0 Å². The Morgan fingerprint density at radius 1 is 1.12 bits per heavy atom. The fourth-order valence-corrected chi connectivity index (χ4v) is 3.92. The van der Waals surface area contributed by atoms with E-state index >= 15 is 0 Å². The van der Waals surface area contributed by atoms with Gasteiger partial charge in [0.05, 0.1) is 18.3 Å². The van der Waals surface area contributed by atoms with Crippen molar-refractivity contribution in [2.45, 2.75) is 70.4 Å². The van der Waals surface area contributed by atoms with Crippen LogP contribution < -0.4 is 5.32 Å². The molecule has 0 bridgehead atoms. The minimum absolute atomic E-state index is 0.0124. The number of benzene rings is 1. The Hall–Kier alpha value is -1.43. The molecule has 2 aliphatic rings. The third-order valence-corrected chi connectivity index (χ3v) is 5.15. The molecule has 138 valence electrons. The maximum absolute atomic E-state index is 12.4. The minimum atomic E-state index is -0.196. The quantitative estimate of drug-likeness (QED) is 0.878. The lowest BCUT2D eigenvalue weighted by Gasteiger charge is -2.35. The Labute approximate surface area is 150 Å². The summed E-state index contributed by atoms with van der Waals surface area (Å²) in [7, 11) is 0. The molecule has 1 aromatic rings. The molecule has 25 heavy (non-hydrogen) atoms. The predicted molar refractivity (Wildman–Crippen MR) is 97.5 cm³/mol. The van der Waals surface area contributed by atoms with Gasteiger partial charge in [0.15, 0.2) is 0 Å². The van der Waals surface area contributed by atoms with Crippen LogP contribution in [0.25, 0.3) is 0 Å². The second-order valence-electron chi connectivity index (χ2n) is 7.63. The average molecular weight is 346 g/mol. The van der Waals surface area contributed by atoms with E-state index in [0.717, 1.165) is 45.3 Å². The van der Waals surface area contributed by atoms with Gasteiger partial charge in [0.1, 0.15) is 0 Å². The molecule has 1 saturated carbocycles. The zero-order valence-corrected chi connectivity index (χ0v) is 15.3. The van der Waals surface area contributed by atoms with E-state index in [9.17, 15) is 9.90 Å². The Balaban J connectivity index is 1.52. The molecule has 2 N–H and O–H groups in total. The molecule has 1 aromatic carbocycles. The number of aliphatic hydroxyl groups is 1. The number of nitrogens with zero attached hydrogens (tertiary/aromatic N) is 1. The van der Waals surface area contributed by atoms with Crippen LogP contribution in [0.4, 0.5) is 0 Å². The summed E-state index contributed by atoms with van der Waals surface area (Å²) >= 11 is 0. The van der Waals surface area contributed by atoms with Crippen molar-refractivity contribution in [3.8, 4) is 0 Å². The number of morpholine rings is 1. The van der Waals surface area contributed by atoms with E-state index in [2.05, 4.69) is 24.1 Å². The van der Waals surface area contributed by atoms with E-state index in [-0.39, 0.29) is 30.3 Å². The highest BCUT2D eigenvalue weighted by atomic mass is 16.5. The van der Waals surface area contributed by atoms with E-state index in [0.29, 0.717) is 5.56 Å². The number of carbonyl (C=O) groups is 1. The molecular weight excluding hydrogens is 316 g/mol. The second kappa shape index (κ2) is 8.30. The van der Waals surface area contributed by atoms with Crippen LogP contribution in [0.2, 0.25) is 0 Å². The molecule has 3 rings (SSSR count). The zero-order chi connectivity index (χ0) is 17.8. The van der Waals surface area contributed by atoms with Crippen LogP contribution in [-0.4, -0.2) is 53.4 Å². The number of carbonyl (C=O) groups excluding carboxylic acids is 1. The molecule has 2 unspecified atom stereocenters. The van der Waals surface area contributed by atoms with Crippen molar-refractivity contribution in [3.05, 3.63) is 35.4 Å². The second-order valence-corrected chi connectivity index (χ2v) is 7.63. The standard InChI is InChI=1S/C20H30N2O3/c1-14-11-22(12-15(2)25-14)13-16-3-5-17(6-4-16)20(24)21-18-7-9-19(23)10-8-18/h3-6,14-15,18-19,23H,7-13H2,1-2H3,(H,21,24). The van der Waals surface area contributed by atoms with Gasteiger partial charge in [0.25, 0.3) is 5.91 Å². The van der Waals surface area contributed by atoms with E-state index in [1.807, 2.05) is 24.3 Å². The van der Waals surface area contributed by atoms with Gasteiger partial charge in [-0.3, -0.25) is 9.69 Å². The first-order valence-electron chi connectivity index (χ1n) is 9.45. The van der Waals surface area contributed by atoms with Gasteiger partial charge in [0.2, 0.25) is 0 Å². The Bertz CT molecular complexity index is 557. The van der Waals surface area contributed by atoms with E-state index in [1.54, 1.807) is 0 Å². The summed E-state index contributed by atoms with van der Waals surface area (Å²) in [5.41, 5.74) is 1.93. The van der Waals surface area contributed by atoms with E-state index in [1.165, 1.54) is 5.56 Å². The molecular formula is C20H30N2O3. The summed E-state index contributed by atoms with van der Waals surface area (Å²) in [6.45, 7) is 7.00. The van der Waals surface area contributed by atoms with Crippen molar-refractivity contribution >= 4 is 5.91 Å². The lowest BCUT2D eigenvalue weighted by Crippen LogP contribution is -2.44. The topological polar surface area (TPSA) is 61.8 Å². The van der Waals surface area contributed by atoms with Gasteiger partial charge in [-0.15, -0.1) is 0 Å². The molecule has 2 fully saturated rings. The van der Waals surface area contributed by atoms with Crippen molar-refractivity contribution in [1.29, 1.82) is 0 Å². The van der Waals surface area contributed by atoms with Crippen molar-refractivity contribution in [1.82, 2.24) is 10.2 Å². The summed E-state index contributed by atoms with van der Waals surface area (Å²) in [6, 6.07) is 8.10. The third-order valence-electron chi connectivity index (χ3n) is 5.15. The maximum atomic E-state index is 12.4. The lowest BCUT2D eigenvalue weighted by atomic mass is 9.93. The van der Waals surface area contributed by atoms with Crippen LogP contribution in [0.15, 0.2) is 24.3 Å². The SMILES string of the molecule is CC1CN(Cc2ccc(C(=O)NC3CCC(O)CC3)cc2)CC(C)O1. The number of hydrogen-bond donors (Lipinski definition) is 2. The third kappa shape index (κ3) is 5.27. The van der Waals surface area contributed by atoms with E-state index in [4.69, 9.17) is 4.74 Å². The first kappa shape index (κ1) is 18.4. The summed E-state index contributed by atoms with van der Waals surface area (Å²) in [5.74, 6) is -0.0124. The summed E-state index contributed by atoms with van der Waals surface area (Å²) in [5, 5.41) is 12.6. The Morgan fingerprint density at radius 2 is 1.72 bits per heavy atom. The number of rotatable bonds is 4. The zero-order valence-electron chi connectivity index (χ0n) is 15.3. The van der Waals surface area contributed by atoms with Gasteiger partial charge in [-0.1, -0.05) is 12.1 Å². The van der Waals surface area contributed by atoms with Crippen molar-refractivity contribution < 1.29 is 14.6 Å². The first-order chi connectivity index (χ1) is 12.0. The summed E-state index contributed by atoms with van der Waals surface area (Å²) in [4.78, 5) is 14.8. The summed E-state index contributed by atoms with van der Waals surface area (Å²) < 4.78 is 5.77. The van der Waals surface area contributed by atoms with Crippen LogP contribution in [-0.2, 0) is 11.3 Å². The molecule has 1 saturated heterocycles. The molecule has 1 amide bonds. The smallest absolute Gasteiger partial charge is 0.251 e. The van der Waals surface area contributed by atoms with Crippen LogP contribution in [0, 0.1) is 0 Å². The normalized spacial score (nSPS) is 30.8.